The third-order valence-electron chi connectivity index (χ3n) is 4.62. The Morgan fingerprint density at radius 3 is 2.67 bits per heavy atom. The second kappa shape index (κ2) is 11.1. The number of ether oxygens (including phenoxy) is 1. The van der Waals surface area contributed by atoms with Crippen LogP contribution in [0.3, 0.4) is 0 Å². The van der Waals surface area contributed by atoms with Gasteiger partial charge in [-0.05, 0) is 43.2 Å². The van der Waals surface area contributed by atoms with Gasteiger partial charge in [-0.25, -0.2) is 17.7 Å². The number of aromatic nitrogens is 1. The van der Waals surface area contributed by atoms with Gasteiger partial charge in [-0.15, -0.1) is 11.3 Å². The minimum absolute atomic E-state index is 0.105. The summed E-state index contributed by atoms with van der Waals surface area (Å²) in [5, 5.41) is 2.57. The number of para-hydroxylation sites is 1. The molecule has 0 unspecified atom stereocenters. The van der Waals surface area contributed by atoms with Gasteiger partial charge in [0.2, 0.25) is 10.0 Å². The molecule has 33 heavy (non-hydrogen) atoms. The number of rotatable bonds is 10. The lowest BCUT2D eigenvalue weighted by Crippen LogP contribution is -2.24. The standard InChI is InChI=1S/C22H25N3O5S3/c1-15-10-11-16(13-19(15)33(28,29)25(2)3)23-20(26)14-30-21(27)9-6-12-31-22-24-17-7-4-5-8-18(17)32-22/h4-5,7-8,10-11,13H,6,9,12,14H2,1-3H3,(H,23,26). The Labute approximate surface area is 201 Å². The van der Waals surface area contributed by atoms with E-state index in [0.717, 1.165) is 18.9 Å². The molecule has 1 amide bonds. The number of anilines is 1. The van der Waals surface area contributed by atoms with E-state index < -0.39 is 28.5 Å². The van der Waals surface area contributed by atoms with Crippen LogP contribution in [0.1, 0.15) is 18.4 Å². The van der Waals surface area contributed by atoms with E-state index in [-0.39, 0.29) is 11.3 Å². The summed E-state index contributed by atoms with van der Waals surface area (Å²) in [6, 6.07) is 12.5. The predicted octanol–water partition coefficient (Wildman–Crippen LogP) is 3.91. The van der Waals surface area contributed by atoms with Gasteiger partial charge in [0.15, 0.2) is 10.9 Å². The van der Waals surface area contributed by atoms with E-state index in [1.54, 1.807) is 42.2 Å². The number of hydrogen-bond donors (Lipinski definition) is 1. The topological polar surface area (TPSA) is 106 Å². The maximum atomic E-state index is 12.4. The van der Waals surface area contributed by atoms with E-state index in [4.69, 9.17) is 4.74 Å². The lowest BCUT2D eigenvalue weighted by Gasteiger charge is -2.15. The number of fused-ring (bicyclic) bond motifs is 1. The molecule has 0 atom stereocenters. The highest BCUT2D eigenvalue weighted by molar-refractivity contribution is 8.01. The molecule has 0 saturated heterocycles. The first-order valence-corrected chi connectivity index (χ1v) is 13.4. The van der Waals surface area contributed by atoms with Gasteiger partial charge in [0.05, 0.1) is 15.1 Å². The van der Waals surface area contributed by atoms with Gasteiger partial charge in [0.1, 0.15) is 0 Å². The summed E-state index contributed by atoms with van der Waals surface area (Å²) in [7, 11) is -0.758. The van der Waals surface area contributed by atoms with Crippen LogP contribution in [-0.4, -0.2) is 56.0 Å². The van der Waals surface area contributed by atoms with Crippen LogP contribution < -0.4 is 5.32 Å². The van der Waals surface area contributed by atoms with Crippen molar-refractivity contribution >= 4 is 60.9 Å². The van der Waals surface area contributed by atoms with Crippen molar-refractivity contribution in [1.29, 1.82) is 0 Å². The van der Waals surface area contributed by atoms with E-state index in [9.17, 15) is 18.0 Å². The quantitative estimate of drug-likeness (QED) is 0.252. The lowest BCUT2D eigenvalue weighted by atomic mass is 10.2. The molecule has 2 aromatic carbocycles. The highest BCUT2D eigenvalue weighted by Crippen LogP contribution is 2.29. The Morgan fingerprint density at radius 1 is 1.18 bits per heavy atom. The van der Waals surface area contributed by atoms with Crippen LogP contribution in [0.15, 0.2) is 51.7 Å². The summed E-state index contributed by atoms with van der Waals surface area (Å²) >= 11 is 3.21. The number of thioether (sulfide) groups is 1. The van der Waals surface area contributed by atoms with Crippen LogP contribution in [0.4, 0.5) is 5.69 Å². The molecule has 3 rings (SSSR count). The molecule has 1 aromatic heterocycles. The van der Waals surface area contributed by atoms with Gasteiger partial charge >= 0.3 is 5.97 Å². The molecule has 11 heteroatoms. The van der Waals surface area contributed by atoms with Crippen LogP contribution in [0.25, 0.3) is 10.2 Å². The Bertz CT molecular complexity index is 1220. The smallest absolute Gasteiger partial charge is 0.306 e. The Balaban J connectivity index is 1.41. The fraction of sp³-hybridized carbons (Fsp3) is 0.318. The number of nitrogens with zero attached hydrogens (tertiary/aromatic N) is 2. The number of sulfonamides is 1. The molecule has 0 aliphatic rings. The summed E-state index contributed by atoms with van der Waals surface area (Å²) in [6.45, 7) is 1.24. The molecule has 0 spiro atoms. The zero-order chi connectivity index (χ0) is 24.0. The van der Waals surface area contributed by atoms with Gasteiger partial charge in [0, 0.05) is 32.0 Å². The number of amides is 1. The van der Waals surface area contributed by atoms with E-state index in [1.165, 1.54) is 20.2 Å². The van der Waals surface area contributed by atoms with E-state index in [0.29, 0.717) is 23.4 Å². The molecule has 3 aromatic rings. The minimum atomic E-state index is -3.64. The molecule has 176 valence electrons. The fourth-order valence-electron chi connectivity index (χ4n) is 2.86. The number of nitrogens with one attached hydrogen (secondary N) is 1. The molecular weight excluding hydrogens is 482 g/mol. The van der Waals surface area contributed by atoms with Gasteiger partial charge in [-0.3, -0.25) is 9.59 Å². The molecule has 0 saturated carbocycles. The highest BCUT2D eigenvalue weighted by atomic mass is 32.2. The first-order valence-electron chi connectivity index (χ1n) is 10.1. The first-order chi connectivity index (χ1) is 15.7. The van der Waals surface area contributed by atoms with Crippen molar-refractivity contribution in [3.63, 3.8) is 0 Å². The van der Waals surface area contributed by atoms with Crippen molar-refractivity contribution in [3.05, 3.63) is 48.0 Å². The maximum absolute atomic E-state index is 12.4. The summed E-state index contributed by atoms with van der Waals surface area (Å²) in [5.74, 6) is -0.285. The number of hydrogen-bond acceptors (Lipinski definition) is 8. The molecular formula is C22H25N3O5S3. The average Bonchev–Trinajstić information content (AvgIpc) is 3.19. The highest BCUT2D eigenvalue weighted by Gasteiger charge is 2.20. The van der Waals surface area contributed by atoms with E-state index >= 15 is 0 Å². The number of aryl methyl sites for hydroxylation is 1. The van der Waals surface area contributed by atoms with Crippen LogP contribution in [0.5, 0.6) is 0 Å². The first kappa shape index (κ1) is 25.2. The monoisotopic (exact) mass is 507 g/mol. The lowest BCUT2D eigenvalue weighted by molar-refractivity contribution is -0.147. The zero-order valence-corrected chi connectivity index (χ0v) is 21.0. The normalized spacial score (nSPS) is 11.6. The van der Waals surface area contributed by atoms with Gasteiger partial charge in [-0.2, -0.15) is 0 Å². The third-order valence-corrected chi connectivity index (χ3v) is 8.84. The largest absolute Gasteiger partial charge is 0.456 e. The molecule has 0 aliphatic carbocycles. The average molecular weight is 508 g/mol. The van der Waals surface area contributed by atoms with Crippen molar-refractivity contribution in [1.82, 2.24) is 9.29 Å². The Morgan fingerprint density at radius 2 is 1.94 bits per heavy atom. The SMILES string of the molecule is Cc1ccc(NC(=O)COC(=O)CCCSc2nc3ccccc3s2)cc1S(=O)(=O)N(C)C. The number of benzene rings is 2. The number of carbonyl (C=O) groups is 2. The van der Waals surface area contributed by atoms with Gasteiger partial charge < -0.3 is 10.1 Å². The molecule has 8 nitrogen and oxygen atoms in total. The zero-order valence-electron chi connectivity index (χ0n) is 18.5. The second-order valence-corrected chi connectivity index (χ2v) is 11.9. The molecule has 0 aliphatic heterocycles. The minimum Gasteiger partial charge on any atom is -0.456 e. The van der Waals surface area contributed by atoms with E-state index in [1.807, 2.05) is 24.3 Å². The van der Waals surface area contributed by atoms with Crippen molar-refractivity contribution < 1.29 is 22.7 Å². The summed E-state index contributed by atoms with van der Waals surface area (Å²) in [4.78, 5) is 28.7. The maximum Gasteiger partial charge on any atom is 0.306 e. The van der Waals surface area contributed by atoms with E-state index in [2.05, 4.69) is 10.3 Å². The Kier molecular flexibility index (Phi) is 8.46. The summed E-state index contributed by atoms with van der Waals surface area (Å²) < 4.78 is 33.0. The van der Waals surface area contributed by atoms with Crippen molar-refractivity contribution in [2.75, 3.05) is 31.8 Å². The third kappa shape index (κ3) is 6.76. The predicted molar refractivity (Wildman–Crippen MR) is 131 cm³/mol. The molecule has 0 bridgehead atoms. The van der Waals surface area contributed by atoms with Gasteiger partial charge in [0.25, 0.3) is 5.91 Å². The molecule has 1 heterocycles. The van der Waals surface area contributed by atoms with Crippen molar-refractivity contribution in [2.24, 2.45) is 0 Å². The van der Waals surface area contributed by atoms with Crippen LogP contribution in [0, 0.1) is 6.92 Å². The number of thiazole rings is 1. The summed E-state index contributed by atoms with van der Waals surface area (Å²) in [5.41, 5.74) is 1.85. The van der Waals surface area contributed by atoms with Crippen LogP contribution in [-0.2, 0) is 24.3 Å². The summed E-state index contributed by atoms with van der Waals surface area (Å²) in [6.07, 6.45) is 0.797. The van der Waals surface area contributed by atoms with Crippen LogP contribution >= 0.6 is 23.1 Å². The number of carbonyl (C=O) groups excluding carboxylic acids is 2. The fourth-order valence-corrected chi connectivity index (χ4v) is 6.08. The molecule has 0 radical (unpaired) electrons. The number of esters is 1. The van der Waals surface area contributed by atoms with Crippen molar-refractivity contribution in [3.8, 4) is 0 Å². The Hall–Kier alpha value is -2.47. The van der Waals surface area contributed by atoms with Crippen molar-refractivity contribution in [2.45, 2.75) is 29.0 Å². The molecule has 1 N–H and O–H groups in total. The van der Waals surface area contributed by atoms with Gasteiger partial charge in [-0.1, -0.05) is 30.0 Å². The second-order valence-electron chi connectivity index (χ2n) is 7.38. The van der Waals surface area contributed by atoms with Crippen LogP contribution in [0.2, 0.25) is 0 Å². The molecule has 0 fully saturated rings.